The minimum Gasteiger partial charge on any atom is -0.314 e. The summed E-state index contributed by atoms with van der Waals surface area (Å²) in [4.78, 5) is 0. The molecule has 1 aliphatic rings. The zero-order valence-electron chi connectivity index (χ0n) is 10.7. The fourth-order valence-electron chi connectivity index (χ4n) is 2.40. The van der Waals surface area contributed by atoms with E-state index in [2.05, 4.69) is 5.32 Å². The van der Waals surface area contributed by atoms with Crippen LogP contribution >= 0.6 is 0 Å². The van der Waals surface area contributed by atoms with E-state index < -0.39 is 10.8 Å². The third-order valence-corrected chi connectivity index (χ3v) is 4.36. The molecule has 1 atom stereocenters. The molecule has 2 nitrogen and oxygen atoms in total. The average molecular weight is 269 g/mol. The Morgan fingerprint density at radius 2 is 2.22 bits per heavy atom. The van der Waals surface area contributed by atoms with Crippen molar-refractivity contribution in [2.24, 2.45) is 0 Å². The molecule has 1 N–H and O–H groups in total. The Hall–Kier alpha value is -0.740. The van der Waals surface area contributed by atoms with Gasteiger partial charge in [0.25, 0.3) is 0 Å². The highest BCUT2D eigenvalue weighted by atomic mass is 32.2. The normalized spacial score (nSPS) is 24.6. The Labute approximate surface area is 110 Å². The van der Waals surface area contributed by atoms with Crippen molar-refractivity contribution >= 4 is 10.8 Å². The van der Waals surface area contributed by atoms with Gasteiger partial charge in [0.1, 0.15) is 5.82 Å². The smallest absolute Gasteiger partial charge is 0.123 e. The van der Waals surface area contributed by atoms with Gasteiger partial charge in [-0.2, -0.15) is 0 Å². The maximum Gasteiger partial charge on any atom is 0.123 e. The van der Waals surface area contributed by atoms with E-state index in [4.69, 9.17) is 0 Å². The second-order valence-electron chi connectivity index (χ2n) is 5.01. The van der Waals surface area contributed by atoms with Crippen molar-refractivity contribution in [2.45, 2.75) is 31.2 Å². The Bertz CT molecular complexity index is 418. The molecule has 1 aliphatic carbocycles. The molecule has 0 amide bonds. The van der Waals surface area contributed by atoms with E-state index in [1.54, 1.807) is 18.4 Å². The zero-order chi connectivity index (χ0) is 13.0. The van der Waals surface area contributed by atoms with Gasteiger partial charge in [-0.1, -0.05) is 12.1 Å². The molecule has 1 saturated carbocycles. The Kier molecular flexibility index (Phi) is 4.89. The van der Waals surface area contributed by atoms with Crippen LogP contribution in [0.1, 0.15) is 30.7 Å². The number of halogens is 1. The first-order valence-electron chi connectivity index (χ1n) is 6.44. The van der Waals surface area contributed by atoms with Crippen LogP contribution in [0.25, 0.3) is 0 Å². The Balaban J connectivity index is 1.66. The van der Waals surface area contributed by atoms with Crippen LogP contribution in [0.15, 0.2) is 24.3 Å². The van der Waals surface area contributed by atoms with Gasteiger partial charge < -0.3 is 5.32 Å². The van der Waals surface area contributed by atoms with Crippen LogP contribution in [-0.4, -0.2) is 28.8 Å². The molecule has 1 fully saturated rings. The molecule has 2 rings (SSSR count). The predicted molar refractivity (Wildman–Crippen MR) is 73.7 cm³/mol. The summed E-state index contributed by atoms with van der Waals surface area (Å²) in [6, 6.07) is 7.46. The molecular formula is C14H20FNOS. The molecule has 100 valence electrons. The predicted octanol–water partition coefficient (Wildman–Crippen LogP) is 2.43. The molecule has 1 unspecified atom stereocenters. The van der Waals surface area contributed by atoms with Crippen molar-refractivity contribution in [3.05, 3.63) is 35.6 Å². The van der Waals surface area contributed by atoms with Gasteiger partial charge in [-0.05, 0) is 49.4 Å². The molecule has 0 saturated heterocycles. The van der Waals surface area contributed by atoms with Crippen LogP contribution in [0.3, 0.4) is 0 Å². The SMILES string of the molecule is CS(=O)CCCNC1CC(c2cccc(F)c2)C1. The molecule has 4 heteroatoms. The zero-order valence-corrected chi connectivity index (χ0v) is 11.5. The average Bonchev–Trinajstić information content (AvgIpc) is 2.25. The number of hydrogen-bond donors (Lipinski definition) is 1. The third-order valence-electron chi connectivity index (χ3n) is 3.50. The van der Waals surface area contributed by atoms with Crippen LogP contribution in [0.2, 0.25) is 0 Å². The second-order valence-corrected chi connectivity index (χ2v) is 6.56. The van der Waals surface area contributed by atoms with Gasteiger partial charge >= 0.3 is 0 Å². The highest BCUT2D eigenvalue weighted by Crippen LogP contribution is 2.36. The number of rotatable bonds is 6. The second kappa shape index (κ2) is 6.43. The molecule has 18 heavy (non-hydrogen) atoms. The van der Waals surface area contributed by atoms with Gasteiger partial charge in [0.05, 0.1) is 0 Å². The summed E-state index contributed by atoms with van der Waals surface area (Å²) in [5, 5.41) is 3.46. The lowest BCUT2D eigenvalue weighted by atomic mass is 9.76. The van der Waals surface area contributed by atoms with E-state index >= 15 is 0 Å². The fourth-order valence-corrected chi connectivity index (χ4v) is 2.95. The summed E-state index contributed by atoms with van der Waals surface area (Å²) in [7, 11) is -0.685. The van der Waals surface area contributed by atoms with Crippen molar-refractivity contribution in [3.8, 4) is 0 Å². The third kappa shape index (κ3) is 3.89. The molecule has 0 spiro atoms. The highest BCUT2D eigenvalue weighted by Gasteiger charge is 2.29. The van der Waals surface area contributed by atoms with Crippen molar-refractivity contribution < 1.29 is 8.60 Å². The first-order chi connectivity index (χ1) is 8.65. The van der Waals surface area contributed by atoms with E-state index in [-0.39, 0.29) is 5.82 Å². The van der Waals surface area contributed by atoms with E-state index in [1.807, 2.05) is 6.07 Å². The van der Waals surface area contributed by atoms with E-state index in [0.717, 1.165) is 37.1 Å². The van der Waals surface area contributed by atoms with Crippen molar-refractivity contribution in [2.75, 3.05) is 18.6 Å². The highest BCUT2D eigenvalue weighted by molar-refractivity contribution is 7.84. The summed E-state index contributed by atoms with van der Waals surface area (Å²) in [6.45, 7) is 0.931. The summed E-state index contributed by atoms with van der Waals surface area (Å²) >= 11 is 0. The maximum absolute atomic E-state index is 13.1. The largest absolute Gasteiger partial charge is 0.314 e. The number of benzene rings is 1. The van der Waals surface area contributed by atoms with Gasteiger partial charge in [-0.3, -0.25) is 4.21 Å². The molecule has 1 aromatic rings. The van der Waals surface area contributed by atoms with Crippen LogP contribution in [0.4, 0.5) is 4.39 Å². The minimum absolute atomic E-state index is 0.144. The molecule has 1 aromatic carbocycles. The lowest BCUT2D eigenvalue weighted by molar-refractivity contribution is 0.291. The van der Waals surface area contributed by atoms with Crippen molar-refractivity contribution in [3.63, 3.8) is 0 Å². The number of nitrogens with one attached hydrogen (secondary N) is 1. The minimum atomic E-state index is -0.685. The fraction of sp³-hybridized carbons (Fsp3) is 0.571. The van der Waals surface area contributed by atoms with Crippen molar-refractivity contribution in [1.82, 2.24) is 5.32 Å². The van der Waals surface area contributed by atoms with Crippen LogP contribution < -0.4 is 5.32 Å². The molecule has 0 heterocycles. The first kappa shape index (κ1) is 13.7. The summed E-state index contributed by atoms with van der Waals surface area (Å²) in [5.74, 6) is 1.13. The topological polar surface area (TPSA) is 29.1 Å². The number of hydrogen-bond acceptors (Lipinski definition) is 2. The molecule has 0 radical (unpaired) electrons. The van der Waals surface area contributed by atoms with Crippen LogP contribution in [-0.2, 0) is 10.8 Å². The molecule has 0 bridgehead atoms. The van der Waals surface area contributed by atoms with Crippen LogP contribution in [0, 0.1) is 5.82 Å². The van der Waals surface area contributed by atoms with Crippen LogP contribution in [0.5, 0.6) is 0 Å². The Morgan fingerprint density at radius 3 is 2.89 bits per heavy atom. The van der Waals surface area contributed by atoms with Gasteiger partial charge in [-0.15, -0.1) is 0 Å². The van der Waals surface area contributed by atoms with Gasteiger partial charge in [0.15, 0.2) is 0 Å². The quantitative estimate of drug-likeness (QED) is 0.804. The Morgan fingerprint density at radius 1 is 1.44 bits per heavy atom. The first-order valence-corrected chi connectivity index (χ1v) is 8.17. The van der Waals surface area contributed by atoms with Gasteiger partial charge in [0, 0.05) is 28.9 Å². The standard InChI is InChI=1S/C14H20FNOS/c1-18(17)7-3-6-16-14-9-12(10-14)11-4-2-5-13(15)8-11/h2,4-5,8,12,14,16H,3,6-7,9-10H2,1H3. The lowest BCUT2D eigenvalue weighted by Crippen LogP contribution is -2.40. The van der Waals surface area contributed by atoms with E-state index in [9.17, 15) is 8.60 Å². The summed E-state index contributed by atoms with van der Waals surface area (Å²) in [5.41, 5.74) is 1.11. The molecule has 0 aromatic heterocycles. The molecule has 0 aliphatic heterocycles. The van der Waals surface area contributed by atoms with Gasteiger partial charge in [0.2, 0.25) is 0 Å². The van der Waals surface area contributed by atoms with E-state index in [1.165, 1.54) is 6.07 Å². The maximum atomic E-state index is 13.1. The molecular weight excluding hydrogens is 249 g/mol. The monoisotopic (exact) mass is 269 g/mol. The summed E-state index contributed by atoms with van der Waals surface area (Å²) in [6.07, 6.45) is 4.87. The lowest BCUT2D eigenvalue weighted by Gasteiger charge is -2.36. The summed E-state index contributed by atoms with van der Waals surface area (Å²) < 4.78 is 24.0. The van der Waals surface area contributed by atoms with Gasteiger partial charge in [-0.25, -0.2) is 4.39 Å². The van der Waals surface area contributed by atoms with Crippen molar-refractivity contribution in [1.29, 1.82) is 0 Å². The van der Waals surface area contributed by atoms with E-state index in [0.29, 0.717) is 12.0 Å².